The maximum atomic E-state index is 10.3. The summed E-state index contributed by atoms with van der Waals surface area (Å²) < 4.78 is 0. The van der Waals surface area contributed by atoms with Crippen molar-refractivity contribution in [1.29, 1.82) is 0 Å². The van der Waals surface area contributed by atoms with Gasteiger partial charge < -0.3 is 15.7 Å². The van der Waals surface area contributed by atoms with Gasteiger partial charge in [-0.3, -0.25) is 4.79 Å². The molecule has 0 amide bonds. The van der Waals surface area contributed by atoms with Crippen LogP contribution in [0.3, 0.4) is 0 Å². The van der Waals surface area contributed by atoms with Gasteiger partial charge >= 0.3 is 5.97 Å². The van der Waals surface area contributed by atoms with Crippen LogP contribution in [-0.4, -0.2) is 36.2 Å². The van der Waals surface area contributed by atoms with Crippen LogP contribution in [0.1, 0.15) is 39.0 Å². The lowest BCUT2D eigenvalue weighted by Crippen LogP contribution is -2.34. The normalized spacial score (nSPS) is 22.9. The molecular weight excluding hydrogens is 192 g/mol. The highest BCUT2D eigenvalue weighted by Gasteiger charge is 2.16. The first-order valence-corrected chi connectivity index (χ1v) is 5.87. The third kappa shape index (κ3) is 5.74. The summed E-state index contributed by atoms with van der Waals surface area (Å²) in [5, 5.41) is 15.3. The molecule has 1 fully saturated rings. The number of hydrogen-bond acceptors (Lipinski definition) is 3. The van der Waals surface area contributed by atoms with Crippen LogP contribution in [0.15, 0.2) is 0 Å². The van der Waals surface area contributed by atoms with Crippen molar-refractivity contribution in [3.05, 3.63) is 0 Å². The molecule has 0 radical (unpaired) electrons. The van der Waals surface area contributed by atoms with Crippen LogP contribution in [0.4, 0.5) is 0 Å². The lowest BCUT2D eigenvalue weighted by molar-refractivity contribution is -0.137. The zero-order valence-electron chi connectivity index (χ0n) is 9.46. The zero-order chi connectivity index (χ0) is 11.1. The monoisotopic (exact) mass is 214 g/mol. The van der Waals surface area contributed by atoms with Crippen LogP contribution in [0.5, 0.6) is 0 Å². The van der Waals surface area contributed by atoms with E-state index < -0.39 is 5.97 Å². The Hall–Kier alpha value is -0.610. The number of carbonyl (C=O) groups is 1. The fourth-order valence-corrected chi connectivity index (χ4v) is 2.06. The highest BCUT2D eigenvalue weighted by atomic mass is 16.4. The molecule has 0 saturated carbocycles. The molecule has 2 atom stereocenters. The van der Waals surface area contributed by atoms with Gasteiger partial charge in [-0.25, -0.2) is 0 Å². The van der Waals surface area contributed by atoms with Gasteiger partial charge in [0.05, 0.1) is 0 Å². The van der Waals surface area contributed by atoms with Gasteiger partial charge in [0.1, 0.15) is 0 Å². The Morgan fingerprint density at radius 2 is 2.47 bits per heavy atom. The Kier molecular flexibility index (Phi) is 5.65. The third-order valence-corrected chi connectivity index (χ3v) is 2.86. The third-order valence-electron chi connectivity index (χ3n) is 2.86. The fraction of sp³-hybridized carbons (Fsp3) is 0.909. The maximum Gasteiger partial charge on any atom is 0.303 e. The van der Waals surface area contributed by atoms with E-state index in [0.717, 1.165) is 25.9 Å². The molecule has 0 aromatic rings. The molecule has 15 heavy (non-hydrogen) atoms. The standard InChI is InChI=1S/C11H22N2O2/c1-9(8-10-4-2-7-13-10)12-6-3-5-11(14)15/h9-10,12-13H,2-8H2,1H3,(H,14,15). The summed E-state index contributed by atoms with van der Waals surface area (Å²) in [5.41, 5.74) is 0. The van der Waals surface area contributed by atoms with Crippen molar-refractivity contribution in [2.24, 2.45) is 0 Å². The lowest BCUT2D eigenvalue weighted by atomic mass is 10.1. The largest absolute Gasteiger partial charge is 0.481 e. The summed E-state index contributed by atoms with van der Waals surface area (Å²) >= 11 is 0. The predicted octanol–water partition coefficient (Wildman–Crippen LogP) is 0.971. The van der Waals surface area contributed by atoms with E-state index in [-0.39, 0.29) is 6.42 Å². The molecule has 3 N–H and O–H groups in total. The second-order valence-electron chi connectivity index (χ2n) is 4.38. The van der Waals surface area contributed by atoms with Crippen molar-refractivity contribution in [3.63, 3.8) is 0 Å². The van der Waals surface area contributed by atoms with Crippen molar-refractivity contribution in [3.8, 4) is 0 Å². The van der Waals surface area contributed by atoms with Gasteiger partial charge in [0.25, 0.3) is 0 Å². The van der Waals surface area contributed by atoms with Crippen LogP contribution in [0, 0.1) is 0 Å². The van der Waals surface area contributed by atoms with E-state index in [0.29, 0.717) is 12.1 Å². The average Bonchev–Trinajstić information content (AvgIpc) is 2.64. The van der Waals surface area contributed by atoms with Gasteiger partial charge in [-0.2, -0.15) is 0 Å². The topological polar surface area (TPSA) is 61.4 Å². The van der Waals surface area contributed by atoms with E-state index >= 15 is 0 Å². The minimum absolute atomic E-state index is 0.265. The second kappa shape index (κ2) is 6.80. The lowest BCUT2D eigenvalue weighted by Gasteiger charge is -2.17. The molecule has 0 aromatic heterocycles. The first-order chi connectivity index (χ1) is 7.18. The summed E-state index contributed by atoms with van der Waals surface area (Å²) in [4.78, 5) is 10.3. The van der Waals surface area contributed by atoms with Gasteiger partial charge in [-0.15, -0.1) is 0 Å². The molecule has 1 aliphatic rings. The Labute approximate surface area is 91.4 Å². The molecule has 4 heteroatoms. The van der Waals surface area contributed by atoms with Gasteiger partial charge in [-0.1, -0.05) is 0 Å². The second-order valence-corrected chi connectivity index (χ2v) is 4.38. The SMILES string of the molecule is CC(CC1CCCN1)NCCCC(=O)O. The molecular formula is C11H22N2O2. The van der Waals surface area contributed by atoms with Crippen LogP contribution >= 0.6 is 0 Å². The summed E-state index contributed by atoms with van der Waals surface area (Å²) in [6.07, 6.45) is 4.70. The van der Waals surface area contributed by atoms with E-state index in [9.17, 15) is 4.79 Å². The van der Waals surface area contributed by atoms with Crippen LogP contribution < -0.4 is 10.6 Å². The van der Waals surface area contributed by atoms with Gasteiger partial charge in [0.2, 0.25) is 0 Å². The molecule has 0 aromatic carbocycles. The Balaban J connectivity index is 1.97. The van der Waals surface area contributed by atoms with E-state index in [1.54, 1.807) is 0 Å². The maximum absolute atomic E-state index is 10.3. The van der Waals surface area contributed by atoms with Crippen LogP contribution in [-0.2, 0) is 4.79 Å². The molecule has 4 nitrogen and oxygen atoms in total. The molecule has 1 aliphatic heterocycles. The number of carboxylic acid groups (broad SMARTS) is 1. The molecule has 0 spiro atoms. The van der Waals surface area contributed by atoms with E-state index in [1.165, 1.54) is 12.8 Å². The number of carboxylic acids is 1. The Bertz CT molecular complexity index is 191. The van der Waals surface area contributed by atoms with Gasteiger partial charge in [-0.05, 0) is 45.7 Å². The number of nitrogens with one attached hydrogen (secondary N) is 2. The van der Waals surface area contributed by atoms with E-state index in [1.807, 2.05) is 0 Å². The first kappa shape index (κ1) is 12.5. The molecule has 1 rings (SSSR count). The molecule has 1 saturated heterocycles. The van der Waals surface area contributed by atoms with Gasteiger partial charge in [0.15, 0.2) is 0 Å². The summed E-state index contributed by atoms with van der Waals surface area (Å²) in [5.74, 6) is -0.707. The number of hydrogen-bond donors (Lipinski definition) is 3. The highest BCUT2D eigenvalue weighted by Crippen LogP contribution is 2.10. The van der Waals surface area contributed by atoms with Crippen molar-refractivity contribution in [2.45, 2.75) is 51.1 Å². The highest BCUT2D eigenvalue weighted by molar-refractivity contribution is 5.66. The summed E-state index contributed by atoms with van der Waals surface area (Å²) in [6, 6.07) is 1.14. The van der Waals surface area contributed by atoms with Crippen LogP contribution in [0.2, 0.25) is 0 Å². The minimum atomic E-state index is -0.707. The summed E-state index contributed by atoms with van der Waals surface area (Å²) in [6.45, 7) is 4.12. The molecule has 0 aliphatic carbocycles. The van der Waals surface area contributed by atoms with Crippen molar-refractivity contribution in [1.82, 2.24) is 10.6 Å². The smallest absolute Gasteiger partial charge is 0.303 e. The molecule has 0 bridgehead atoms. The van der Waals surface area contributed by atoms with Crippen molar-refractivity contribution in [2.75, 3.05) is 13.1 Å². The Morgan fingerprint density at radius 3 is 3.07 bits per heavy atom. The van der Waals surface area contributed by atoms with Crippen LogP contribution in [0.25, 0.3) is 0 Å². The van der Waals surface area contributed by atoms with Crippen molar-refractivity contribution >= 4 is 5.97 Å². The van der Waals surface area contributed by atoms with Gasteiger partial charge in [0, 0.05) is 18.5 Å². The minimum Gasteiger partial charge on any atom is -0.481 e. The summed E-state index contributed by atoms with van der Waals surface area (Å²) in [7, 11) is 0. The first-order valence-electron chi connectivity index (χ1n) is 5.87. The fourth-order valence-electron chi connectivity index (χ4n) is 2.06. The van der Waals surface area contributed by atoms with E-state index in [2.05, 4.69) is 17.6 Å². The number of aliphatic carboxylic acids is 1. The predicted molar refractivity (Wildman–Crippen MR) is 60.0 cm³/mol. The molecule has 2 unspecified atom stereocenters. The Morgan fingerprint density at radius 1 is 1.67 bits per heavy atom. The number of rotatable bonds is 7. The average molecular weight is 214 g/mol. The molecule has 1 heterocycles. The quantitative estimate of drug-likeness (QED) is 0.553. The molecule has 88 valence electrons. The van der Waals surface area contributed by atoms with E-state index in [4.69, 9.17) is 5.11 Å². The zero-order valence-corrected chi connectivity index (χ0v) is 9.46. The van der Waals surface area contributed by atoms with Crippen molar-refractivity contribution < 1.29 is 9.90 Å².